The van der Waals surface area contributed by atoms with Crippen LogP contribution in [-0.2, 0) is 9.53 Å². The van der Waals surface area contributed by atoms with Gasteiger partial charge in [-0.1, -0.05) is 18.2 Å². The molecule has 33 heavy (non-hydrogen) atoms. The van der Waals surface area contributed by atoms with Gasteiger partial charge in [0.1, 0.15) is 23.1 Å². The Balaban J connectivity index is 2.02. The van der Waals surface area contributed by atoms with E-state index in [1.54, 1.807) is 17.9 Å². The molecule has 0 spiro atoms. The van der Waals surface area contributed by atoms with E-state index in [1.807, 2.05) is 74.6 Å². The number of amides is 1. The molecule has 1 N–H and O–H groups in total. The van der Waals surface area contributed by atoms with Crippen LogP contribution in [0.15, 0.2) is 60.3 Å². The molecule has 3 rings (SSSR count). The number of nitrogens with zero attached hydrogens (tertiary/aromatic N) is 3. The minimum atomic E-state index is -0.421. The number of nitriles is 1. The van der Waals surface area contributed by atoms with Crippen LogP contribution in [0, 0.1) is 18.3 Å². The third-order valence-corrected chi connectivity index (χ3v) is 5.00. The van der Waals surface area contributed by atoms with Crippen molar-refractivity contribution in [3.63, 3.8) is 0 Å². The lowest BCUT2D eigenvalue weighted by atomic mass is 10.0. The fourth-order valence-electron chi connectivity index (χ4n) is 3.39. The summed E-state index contributed by atoms with van der Waals surface area (Å²) in [5, 5.41) is 17.2. The van der Waals surface area contributed by atoms with Crippen molar-refractivity contribution in [2.45, 2.75) is 20.3 Å². The van der Waals surface area contributed by atoms with Gasteiger partial charge in [0, 0.05) is 37.6 Å². The second kappa shape index (κ2) is 11.7. The number of ether oxygens (including phenoxy) is 2. The van der Waals surface area contributed by atoms with Crippen molar-refractivity contribution < 1.29 is 14.3 Å². The summed E-state index contributed by atoms with van der Waals surface area (Å²) in [6.45, 7) is 5.48. The summed E-state index contributed by atoms with van der Waals surface area (Å²) < 4.78 is 12.4. The molecule has 0 aliphatic carbocycles. The van der Waals surface area contributed by atoms with Crippen LogP contribution in [0.4, 0.5) is 0 Å². The molecule has 7 heteroatoms. The van der Waals surface area contributed by atoms with E-state index >= 15 is 0 Å². The summed E-state index contributed by atoms with van der Waals surface area (Å²) in [4.78, 5) is 12.6. The maximum atomic E-state index is 12.6. The molecule has 0 aliphatic rings. The van der Waals surface area contributed by atoms with E-state index < -0.39 is 5.91 Å². The van der Waals surface area contributed by atoms with Gasteiger partial charge in [-0.15, -0.1) is 0 Å². The maximum Gasteiger partial charge on any atom is 0.261 e. The van der Waals surface area contributed by atoms with Crippen molar-refractivity contribution in [1.82, 2.24) is 15.1 Å². The Hall–Kier alpha value is -3.89. The molecule has 0 fully saturated rings. The van der Waals surface area contributed by atoms with Crippen LogP contribution < -0.4 is 10.1 Å². The molecule has 0 radical (unpaired) electrons. The first kappa shape index (κ1) is 23.8. The zero-order chi connectivity index (χ0) is 23.6. The normalized spacial score (nSPS) is 11.2. The van der Waals surface area contributed by atoms with Crippen molar-refractivity contribution in [3.8, 4) is 28.8 Å². The highest BCUT2D eigenvalue weighted by Crippen LogP contribution is 2.30. The lowest BCUT2D eigenvalue weighted by Crippen LogP contribution is -2.26. The zero-order valence-electron chi connectivity index (χ0n) is 19.2. The Bertz CT molecular complexity index is 1160. The molecule has 170 valence electrons. The number of hydrogen-bond acceptors (Lipinski definition) is 5. The zero-order valence-corrected chi connectivity index (χ0v) is 19.2. The lowest BCUT2D eigenvalue weighted by Gasteiger charge is -2.09. The molecular weight excluding hydrogens is 416 g/mol. The molecule has 3 aromatic rings. The molecule has 1 aromatic heterocycles. The number of aryl methyl sites for hydroxylation is 1. The number of nitrogens with one attached hydrogen (secondary N) is 1. The summed E-state index contributed by atoms with van der Waals surface area (Å²) in [5.74, 6) is 0.363. The SMILES string of the molecule is CCOc1ccc(-c2nn(-c3ccccc3)cc2C=C(C#N)C(=O)NCCCOC)c(C)c1. The van der Waals surface area contributed by atoms with E-state index in [0.29, 0.717) is 37.4 Å². The average Bonchev–Trinajstić information content (AvgIpc) is 3.24. The number of para-hydroxylation sites is 1. The van der Waals surface area contributed by atoms with E-state index in [9.17, 15) is 10.1 Å². The predicted octanol–water partition coefficient (Wildman–Crippen LogP) is 4.31. The molecule has 1 amide bonds. The molecule has 2 aromatic carbocycles. The van der Waals surface area contributed by atoms with Gasteiger partial charge in [0.05, 0.1) is 12.3 Å². The van der Waals surface area contributed by atoms with E-state index in [1.165, 1.54) is 0 Å². The first-order chi connectivity index (χ1) is 16.1. The van der Waals surface area contributed by atoms with Gasteiger partial charge < -0.3 is 14.8 Å². The number of benzene rings is 2. The third kappa shape index (κ3) is 6.09. The van der Waals surface area contributed by atoms with Gasteiger partial charge in [-0.05, 0) is 62.2 Å². The summed E-state index contributed by atoms with van der Waals surface area (Å²) >= 11 is 0. The topological polar surface area (TPSA) is 89.2 Å². The molecular formula is C26H28N4O3. The van der Waals surface area contributed by atoms with E-state index in [4.69, 9.17) is 14.6 Å². The smallest absolute Gasteiger partial charge is 0.261 e. The van der Waals surface area contributed by atoms with Crippen LogP contribution in [0.1, 0.15) is 24.5 Å². The molecule has 7 nitrogen and oxygen atoms in total. The quantitative estimate of drug-likeness (QED) is 0.286. The summed E-state index contributed by atoms with van der Waals surface area (Å²) in [7, 11) is 1.61. The number of rotatable bonds is 10. The van der Waals surface area contributed by atoms with Crippen LogP contribution in [-0.4, -0.2) is 42.6 Å². The van der Waals surface area contributed by atoms with Crippen LogP contribution in [0.5, 0.6) is 5.75 Å². The Morgan fingerprint density at radius 3 is 2.70 bits per heavy atom. The number of aromatic nitrogens is 2. The van der Waals surface area contributed by atoms with E-state index in [-0.39, 0.29) is 5.57 Å². The molecule has 0 aliphatic heterocycles. The molecule has 0 bridgehead atoms. The highest BCUT2D eigenvalue weighted by molar-refractivity contribution is 6.02. The van der Waals surface area contributed by atoms with Gasteiger partial charge in [-0.25, -0.2) is 4.68 Å². The monoisotopic (exact) mass is 444 g/mol. The van der Waals surface area contributed by atoms with Crippen molar-refractivity contribution in [2.75, 3.05) is 26.9 Å². The Morgan fingerprint density at radius 1 is 1.24 bits per heavy atom. The van der Waals surface area contributed by atoms with Gasteiger partial charge in [0.2, 0.25) is 0 Å². The minimum absolute atomic E-state index is 0.0184. The highest BCUT2D eigenvalue weighted by atomic mass is 16.5. The Labute approximate surface area is 194 Å². The van der Waals surface area contributed by atoms with Gasteiger partial charge in [0.15, 0.2) is 0 Å². The second-order valence-electron chi connectivity index (χ2n) is 7.39. The molecule has 0 unspecified atom stereocenters. The fraction of sp³-hybridized carbons (Fsp3) is 0.269. The number of methoxy groups -OCH3 is 1. The first-order valence-corrected chi connectivity index (χ1v) is 10.8. The molecule has 0 saturated carbocycles. The Morgan fingerprint density at radius 2 is 2.03 bits per heavy atom. The van der Waals surface area contributed by atoms with Gasteiger partial charge in [0.25, 0.3) is 5.91 Å². The number of carbonyl (C=O) groups is 1. The highest BCUT2D eigenvalue weighted by Gasteiger charge is 2.16. The number of carbonyl (C=O) groups excluding carboxylic acids is 1. The summed E-state index contributed by atoms with van der Waals surface area (Å²) in [5.41, 5.74) is 4.14. The lowest BCUT2D eigenvalue weighted by molar-refractivity contribution is -0.117. The van der Waals surface area contributed by atoms with Crippen LogP contribution in [0.25, 0.3) is 23.0 Å². The van der Waals surface area contributed by atoms with Crippen molar-refractivity contribution in [3.05, 3.63) is 71.4 Å². The third-order valence-electron chi connectivity index (χ3n) is 5.00. The van der Waals surface area contributed by atoms with Crippen molar-refractivity contribution >= 4 is 12.0 Å². The minimum Gasteiger partial charge on any atom is -0.494 e. The van der Waals surface area contributed by atoms with E-state index in [2.05, 4.69) is 5.32 Å². The first-order valence-electron chi connectivity index (χ1n) is 10.8. The molecule has 1 heterocycles. The largest absolute Gasteiger partial charge is 0.494 e. The summed E-state index contributed by atoms with van der Waals surface area (Å²) in [6, 6.07) is 17.5. The van der Waals surface area contributed by atoms with Crippen molar-refractivity contribution in [1.29, 1.82) is 5.26 Å². The second-order valence-corrected chi connectivity index (χ2v) is 7.39. The molecule has 0 saturated heterocycles. The van der Waals surface area contributed by atoms with Crippen LogP contribution in [0.2, 0.25) is 0 Å². The van der Waals surface area contributed by atoms with Gasteiger partial charge >= 0.3 is 0 Å². The maximum absolute atomic E-state index is 12.6. The summed E-state index contributed by atoms with van der Waals surface area (Å²) in [6.07, 6.45) is 4.09. The van der Waals surface area contributed by atoms with Crippen molar-refractivity contribution in [2.24, 2.45) is 0 Å². The number of hydrogen-bond donors (Lipinski definition) is 1. The van der Waals surface area contributed by atoms with Crippen LogP contribution >= 0.6 is 0 Å². The fourth-order valence-corrected chi connectivity index (χ4v) is 3.39. The van der Waals surface area contributed by atoms with Gasteiger partial charge in [-0.3, -0.25) is 4.79 Å². The molecule has 0 atom stereocenters. The Kier molecular flexibility index (Phi) is 8.39. The predicted molar refractivity (Wildman–Crippen MR) is 128 cm³/mol. The standard InChI is InChI=1S/C26H28N4O3/c1-4-33-23-11-12-24(19(2)15-23)25-21(18-30(29-25)22-9-6-5-7-10-22)16-20(17-27)26(31)28-13-8-14-32-3/h5-7,9-12,15-16,18H,4,8,13-14H2,1-3H3,(H,28,31). The average molecular weight is 445 g/mol. The van der Waals surface area contributed by atoms with Crippen LogP contribution in [0.3, 0.4) is 0 Å². The van der Waals surface area contributed by atoms with Gasteiger partial charge in [-0.2, -0.15) is 10.4 Å². The van der Waals surface area contributed by atoms with E-state index in [0.717, 1.165) is 22.6 Å².